The van der Waals surface area contributed by atoms with E-state index in [1.54, 1.807) is 0 Å². The molecule has 0 bridgehead atoms. The van der Waals surface area contributed by atoms with E-state index in [-0.39, 0.29) is 5.75 Å². The third-order valence-electron chi connectivity index (χ3n) is 4.46. The standard InChI is InChI=1S/C21H25ClO12S/c1-11(23)29-9-17-18(30-12(2)24)19(31-13(3)25)20(32-14(4)26)21(34-17)33-16-7-5-15(6-8-16)10-35(22,27)28/h5-8,17-21H,9-10H2,1-4H3/t17-,18+,19+,20-,21?/m1/s1. The molecule has 35 heavy (non-hydrogen) atoms. The first kappa shape index (κ1) is 28.3. The van der Waals surface area contributed by atoms with Crippen molar-refractivity contribution in [2.45, 2.75) is 64.2 Å². The van der Waals surface area contributed by atoms with Gasteiger partial charge in [0.05, 0.1) is 5.75 Å². The average molecular weight is 537 g/mol. The minimum atomic E-state index is -3.78. The highest BCUT2D eigenvalue weighted by Crippen LogP contribution is 2.31. The molecule has 0 spiro atoms. The van der Waals surface area contributed by atoms with Crippen molar-refractivity contribution >= 4 is 43.6 Å². The molecule has 1 saturated heterocycles. The Hall–Kier alpha value is -2.90. The summed E-state index contributed by atoms with van der Waals surface area (Å²) in [6, 6.07) is 5.73. The van der Waals surface area contributed by atoms with E-state index in [0.29, 0.717) is 5.56 Å². The lowest BCUT2D eigenvalue weighted by Crippen LogP contribution is -2.63. The number of esters is 4. The Morgan fingerprint density at radius 3 is 1.83 bits per heavy atom. The molecule has 0 aromatic heterocycles. The van der Waals surface area contributed by atoms with Crippen molar-refractivity contribution in [1.82, 2.24) is 0 Å². The van der Waals surface area contributed by atoms with E-state index in [2.05, 4.69) is 0 Å². The van der Waals surface area contributed by atoms with Gasteiger partial charge in [-0.15, -0.1) is 0 Å². The second-order valence-electron chi connectivity index (χ2n) is 7.51. The Labute approximate surface area is 206 Å². The van der Waals surface area contributed by atoms with Crippen molar-refractivity contribution in [1.29, 1.82) is 0 Å². The van der Waals surface area contributed by atoms with Crippen molar-refractivity contribution in [3.05, 3.63) is 29.8 Å². The van der Waals surface area contributed by atoms with E-state index in [4.69, 9.17) is 39.1 Å². The molecule has 1 aliphatic heterocycles. The normalized spacial score (nSPS) is 24.1. The molecule has 1 heterocycles. The van der Waals surface area contributed by atoms with Gasteiger partial charge < -0.3 is 28.4 Å². The maximum atomic E-state index is 11.8. The molecule has 1 aromatic rings. The maximum absolute atomic E-state index is 11.8. The predicted molar refractivity (Wildman–Crippen MR) is 118 cm³/mol. The van der Waals surface area contributed by atoms with Crippen molar-refractivity contribution in [3.63, 3.8) is 0 Å². The van der Waals surface area contributed by atoms with Gasteiger partial charge in [0.25, 0.3) is 0 Å². The molecule has 0 N–H and O–H groups in total. The van der Waals surface area contributed by atoms with Crippen LogP contribution in [0.3, 0.4) is 0 Å². The van der Waals surface area contributed by atoms with Crippen LogP contribution >= 0.6 is 10.7 Å². The maximum Gasteiger partial charge on any atom is 0.303 e. The first-order chi connectivity index (χ1) is 16.2. The summed E-state index contributed by atoms with van der Waals surface area (Å²) in [7, 11) is 1.49. The SMILES string of the molecule is CC(=O)OC[C@H]1OC(Oc2ccc(CS(=O)(=O)Cl)cc2)[C@H](OC(C)=O)[C@@H](OC(C)=O)[C@H]1OC(C)=O. The molecule has 5 atom stereocenters. The number of halogens is 1. The quantitative estimate of drug-likeness (QED) is 0.253. The van der Waals surface area contributed by atoms with Crippen molar-refractivity contribution in [3.8, 4) is 5.75 Å². The average Bonchev–Trinajstić information content (AvgIpc) is 2.70. The number of hydrogen-bond acceptors (Lipinski definition) is 12. The Kier molecular flexibility index (Phi) is 9.86. The van der Waals surface area contributed by atoms with E-state index in [1.165, 1.54) is 24.3 Å². The van der Waals surface area contributed by atoms with Gasteiger partial charge in [0, 0.05) is 38.4 Å². The molecule has 14 heteroatoms. The van der Waals surface area contributed by atoms with E-state index in [9.17, 15) is 27.6 Å². The van der Waals surface area contributed by atoms with Crippen molar-refractivity contribution < 1.29 is 56.0 Å². The third kappa shape index (κ3) is 9.34. The van der Waals surface area contributed by atoms with Crippen LogP contribution in [0.2, 0.25) is 0 Å². The molecule has 1 aliphatic rings. The number of hydrogen-bond donors (Lipinski definition) is 0. The zero-order valence-corrected chi connectivity index (χ0v) is 20.9. The van der Waals surface area contributed by atoms with E-state index in [0.717, 1.165) is 27.7 Å². The number of carbonyl (C=O) groups excluding carboxylic acids is 4. The summed E-state index contributed by atoms with van der Waals surface area (Å²) in [6.45, 7) is 4.08. The third-order valence-corrected chi connectivity index (χ3v) is 5.47. The molecule has 0 amide bonds. The van der Waals surface area contributed by atoms with Gasteiger partial charge in [0.1, 0.15) is 18.5 Å². The van der Waals surface area contributed by atoms with E-state index < -0.39 is 76.0 Å². The lowest BCUT2D eigenvalue weighted by atomic mass is 9.98. The minimum Gasteiger partial charge on any atom is -0.463 e. The molecular formula is C21H25ClO12S. The Morgan fingerprint density at radius 1 is 0.829 bits per heavy atom. The van der Waals surface area contributed by atoms with Crippen LogP contribution in [-0.2, 0) is 57.7 Å². The fourth-order valence-electron chi connectivity index (χ4n) is 3.28. The summed E-state index contributed by atoms with van der Waals surface area (Å²) in [5.74, 6) is -3.19. The van der Waals surface area contributed by atoms with Crippen LogP contribution < -0.4 is 4.74 Å². The highest BCUT2D eigenvalue weighted by molar-refractivity contribution is 8.13. The van der Waals surface area contributed by atoms with Gasteiger partial charge in [-0.25, -0.2) is 8.42 Å². The topological polar surface area (TPSA) is 158 Å². The molecule has 0 aliphatic carbocycles. The molecule has 1 aromatic carbocycles. The minimum absolute atomic E-state index is 0.168. The van der Waals surface area contributed by atoms with Gasteiger partial charge in [-0.1, -0.05) is 12.1 Å². The van der Waals surface area contributed by atoms with Gasteiger partial charge in [-0.2, -0.15) is 0 Å². The van der Waals surface area contributed by atoms with Crippen molar-refractivity contribution in [2.75, 3.05) is 6.61 Å². The van der Waals surface area contributed by atoms with Gasteiger partial charge in [-0.05, 0) is 17.7 Å². The van der Waals surface area contributed by atoms with Gasteiger partial charge in [-0.3, -0.25) is 19.2 Å². The molecule has 1 fully saturated rings. The van der Waals surface area contributed by atoms with Crippen LogP contribution in [0.4, 0.5) is 0 Å². The first-order valence-electron chi connectivity index (χ1n) is 10.2. The Morgan fingerprint density at radius 2 is 1.34 bits per heavy atom. The number of ether oxygens (including phenoxy) is 6. The van der Waals surface area contributed by atoms with Crippen molar-refractivity contribution in [2.24, 2.45) is 0 Å². The summed E-state index contributed by atoms with van der Waals surface area (Å²) in [4.78, 5) is 46.8. The number of benzene rings is 1. The van der Waals surface area contributed by atoms with E-state index in [1.807, 2.05) is 0 Å². The summed E-state index contributed by atoms with van der Waals surface area (Å²) >= 11 is 0. The fraction of sp³-hybridized carbons (Fsp3) is 0.524. The molecule has 194 valence electrons. The summed E-state index contributed by atoms with van der Waals surface area (Å²) < 4.78 is 55.1. The largest absolute Gasteiger partial charge is 0.463 e. The Balaban J connectivity index is 2.41. The number of rotatable bonds is 9. The van der Waals surface area contributed by atoms with Gasteiger partial charge in [0.2, 0.25) is 21.4 Å². The summed E-state index contributed by atoms with van der Waals surface area (Å²) in [5, 5.41) is 0. The lowest BCUT2D eigenvalue weighted by molar-refractivity contribution is -0.288. The smallest absolute Gasteiger partial charge is 0.303 e. The summed E-state index contributed by atoms with van der Waals surface area (Å²) in [5.41, 5.74) is 0.383. The summed E-state index contributed by atoms with van der Waals surface area (Å²) in [6.07, 6.45) is -6.64. The zero-order chi connectivity index (χ0) is 26.3. The lowest BCUT2D eigenvalue weighted by Gasteiger charge is -2.43. The van der Waals surface area contributed by atoms with E-state index >= 15 is 0 Å². The second kappa shape index (κ2) is 12.2. The van der Waals surface area contributed by atoms with Crippen LogP contribution in [-0.4, -0.2) is 69.6 Å². The van der Waals surface area contributed by atoms with Crippen LogP contribution in [0.25, 0.3) is 0 Å². The van der Waals surface area contributed by atoms with Crippen LogP contribution in [0.15, 0.2) is 24.3 Å². The Bertz CT molecular complexity index is 1040. The van der Waals surface area contributed by atoms with Crippen LogP contribution in [0, 0.1) is 0 Å². The van der Waals surface area contributed by atoms with Gasteiger partial charge in [0.15, 0.2) is 12.2 Å². The molecule has 12 nitrogen and oxygen atoms in total. The first-order valence-corrected chi connectivity index (χ1v) is 12.7. The molecule has 1 unspecified atom stereocenters. The zero-order valence-electron chi connectivity index (χ0n) is 19.3. The molecule has 2 rings (SSSR count). The molecular weight excluding hydrogens is 512 g/mol. The fourth-order valence-corrected chi connectivity index (χ4v) is 4.25. The van der Waals surface area contributed by atoms with Gasteiger partial charge >= 0.3 is 23.9 Å². The molecule has 0 radical (unpaired) electrons. The second-order valence-corrected chi connectivity index (χ2v) is 10.3. The van der Waals surface area contributed by atoms with Crippen LogP contribution in [0.5, 0.6) is 5.75 Å². The highest BCUT2D eigenvalue weighted by Gasteiger charge is 2.53. The van der Waals surface area contributed by atoms with Crippen LogP contribution in [0.1, 0.15) is 33.3 Å². The molecule has 0 saturated carbocycles. The highest BCUT2D eigenvalue weighted by atomic mass is 35.7. The monoisotopic (exact) mass is 536 g/mol. The predicted octanol–water partition coefficient (Wildman–Crippen LogP) is 1.22. The number of carbonyl (C=O) groups is 4.